The van der Waals surface area contributed by atoms with E-state index in [0.29, 0.717) is 30.9 Å². The van der Waals surface area contributed by atoms with Gasteiger partial charge in [0.25, 0.3) is 10.0 Å². The molecule has 1 saturated heterocycles. The lowest BCUT2D eigenvalue weighted by Gasteiger charge is -2.30. The number of H-pyrrole nitrogens is 1. The fraction of sp³-hybridized carbons (Fsp3) is 0.556. The lowest BCUT2D eigenvalue weighted by molar-refractivity contribution is 0.316. The molecule has 0 spiro atoms. The number of nitrogens with zero attached hydrogens (tertiary/aromatic N) is 2. The molecular formula is C9H14N4O2S2. The van der Waals surface area contributed by atoms with Crippen molar-refractivity contribution in [2.24, 2.45) is 11.7 Å². The second kappa shape index (κ2) is 4.71. The molecule has 0 radical (unpaired) electrons. The molecule has 1 aromatic rings. The fourth-order valence-electron chi connectivity index (χ4n) is 1.91. The third-order valence-electron chi connectivity index (χ3n) is 2.95. The van der Waals surface area contributed by atoms with Crippen molar-refractivity contribution >= 4 is 27.2 Å². The quantitative estimate of drug-likeness (QED) is 0.763. The maximum atomic E-state index is 12.1. The van der Waals surface area contributed by atoms with Gasteiger partial charge in [-0.05, 0) is 18.9 Å². The SMILES string of the molecule is NC(=S)C1CCN(S(=O)(=O)c2ccn[nH]2)CC1. The standard InChI is InChI=1S/C9H14N4O2S2/c10-9(16)7-2-5-13(6-3-7)17(14,15)8-1-4-11-12-8/h1,4,7H,2-3,5-6H2,(H2,10,16)(H,11,12). The average Bonchev–Trinajstić information content (AvgIpc) is 2.83. The number of nitrogens with two attached hydrogens (primary N) is 1. The van der Waals surface area contributed by atoms with E-state index in [-0.39, 0.29) is 10.9 Å². The normalized spacial score (nSPS) is 19.3. The molecule has 2 heterocycles. The van der Waals surface area contributed by atoms with E-state index in [0.717, 1.165) is 0 Å². The van der Waals surface area contributed by atoms with E-state index in [9.17, 15) is 8.42 Å². The zero-order valence-corrected chi connectivity index (χ0v) is 10.8. The van der Waals surface area contributed by atoms with Gasteiger partial charge < -0.3 is 5.73 Å². The van der Waals surface area contributed by atoms with Gasteiger partial charge in [0.1, 0.15) is 0 Å². The van der Waals surface area contributed by atoms with Gasteiger partial charge in [0.15, 0.2) is 5.03 Å². The number of sulfonamides is 1. The lowest BCUT2D eigenvalue weighted by atomic mass is 9.98. The van der Waals surface area contributed by atoms with Crippen LogP contribution in [0.4, 0.5) is 0 Å². The monoisotopic (exact) mass is 274 g/mol. The zero-order valence-electron chi connectivity index (χ0n) is 9.17. The second-order valence-electron chi connectivity index (χ2n) is 4.00. The smallest absolute Gasteiger partial charge is 0.259 e. The Hall–Kier alpha value is -0.990. The third-order valence-corrected chi connectivity index (χ3v) is 5.11. The molecule has 8 heteroatoms. The molecule has 0 saturated carbocycles. The summed E-state index contributed by atoms with van der Waals surface area (Å²) in [5, 5.41) is 6.26. The minimum absolute atomic E-state index is 0.131. The highest BCUT2D eigenvalue weighted by molar-refractivity contribution is 7.89. The van der Waals surface area contributed by atoms with Gasteiger partial charge in [-0.25, -0.2) is 8.42 Å². The van der Waals surface area contributed by atoms with Gasteiger partial charge in [0, 0.05) is 19.0 Å². The van der Waals surface area contributed by atoms with Crippen molar-refractivity contribution in [3.05, 3.63) is 12.3 Å². The summed E-state index contributed by atoms with van der Waals surface area (Å²) >= 11 is 4.92. The predicted molar refractivity (Wildman–Crippen MR) is 66.9 cm³/mol. The summed E-state index contributed by atoms with van der Waals surface area (Å²) < 4.78 is 25.7. The molecule has 3 N–H and O–H groups in total. The van der Waals surface area contributed by atoms with Gasteiger partial charge in [0.2, 0.25) is 0 Å². The molecule has 2 rings (SSSR count). The van der Waals surface area contributed by atoms with E-state index >= 15 is 0 Å². The van der Waals surface area contributed by atoms with Crippen LogP contribution in [0.2, 0.25) is 0 Å². The third kappa shape index (κ3) is 2.48. The summed E-state index contributed by atoms with van der Waals surface area (Å²) in [6, 6.07) is 1.45. The number of hydrogen-bond acceptors (Lipinski definition) is 4. The molecule has 0 unspecified atom stereocenters. The highest BCUT2D eigenvalue weighted by Gasteiger charge is 2.30. The van der Waals surface area contributed by atoms with Crippen LogP contribution in [0.25, 0.3) is 0 Å². The number of hydrogen-bond donors (Lipinski definition) is 2. The first-order chi connectivity index (χ1) is 8.01. The Bertz CT molecular complexity index is 489. The summed E-state index contributed by atoms with van der Waals surface area (Å²) in [7, 11) is -3.44. The van der Waals surface area contributed by atoms with Gasteiger partial charge in [-0.3, -0.25) is 5.10 Å². The molecule has 0 bridgehead atoms. The molecule has 94 valence electrons. The maximum absolute atomic E-state index is 12.1. The van der Waals surface area contributed by atoms with Crippen LogP contribution in [0.5, 0.6) is 0 Å². The minimum Gasteiger partial charge on any atom is -0.393 e. The Morgan fingerprint density at radius 2 is 2.18 bits per heavy atom. The highest BCUT2D eigenvalue weighted by Crippen LogP contribution is 2.22. The van der Waals surface area contributed by atoms with Crippen molar-refractivity contribution in [2.75, 3.05) is 13.1 Å². The molecule has 17 heavy (non-hydrogen) atoms. The van der Waals surface area contributed by atoms with Crippen LogP contribution in [0.15, 0.2) is 17.3 Å². The first-order valence-electron chi connectivity index (χ1n) is 5.30. The van der Waals surface area contributed by atoms with E-state index in [2.05, 4.69) is 10.2 Å². The van der Waals surface area contributed by atoms with Crippen molar-refractivity contribution in [2.45, 2.75) is 17.9 Å². The van der Waals surface area contributed by atoms with Crippen molar-refractivity contribution in [3.63, 3.8) is 0 Å². The zero-order chi connectivity index (χ0) is 12.5. The van der Waals surface area contributed by atoms with Crippen LogP contribution in [0.1, 0.15) is 12.8 Å². The van der Waals surface area contributed by atoms with E-state index in [1.807, 2.05) is 0 Å². The largest absolute Gasteiger partial charge is 0.393 e. The first kappa shape index (κ1) is 12.5. The fourth-order valence-corrected chi connectivity index (χ4v) is 3.51. The van der Waals surface area contributed by atoms with Crippen molar-refractivity contribution in [1.82, 2.24) is 14.5 Å². The number of piperidine rings is 1. The summed E-state index contributed by atoms with van der Waals surface area (Å²) in [6.07, 6.45) is 2.79. The van der Waals surface area contributed by atoms with Crippen molar-refractivity contribution < 1.29 is 8.42 Å². The van der Waals surface area contributed by atoms with Crippen LogP contribution < -0.4 is 5.73 Å². The minimum atomic E-state index is -3.44. The van der Waals surface area contributed by atoms with Crippen LogP contribution in [-0.4, -0.2) is 41.0 Å². The molecule has 1 aromatic heterocycles. The molecule has 1 aliphatic rings. The second-order valence-corrected chi connectivity index (χ2v) is 6.38. The Balaban J connectivity index is 2.09. The summed E-state index contributed by atoms with van der Waals surface area (Å²) in [5.74, 6) is 0.151. The number of thiocarbonyl (C=S) groups is 1. The van der Waals surface area contributed by atoms with E-state index in [1.165, 1.54) is 16.6 Å². The van der Waals surface area contributed by atoms with Crippen LogP contribution in [-0.2, 0) is 10.0 Å². The summed E-state index contributed by atoms with van der Waals surface area (Å²) in [4.78, 5) is 0.476. The van der Waals surface area contributed by atoms with E-state index < -0.39 is 10.0 Å². The summed E-state index contributed by atoms with van der Waals surface area (Å²) in [5.41, 5.74) is 5.56. The van der Waals surface area contributed by atoms with Gasteiger partial charge in [-0.2, -0.15) is 9.40 Å². The van der Waals surface area contributed by atoms with Gasteiger partial charge in [-0.15, -0.1) is 0 Å². The van der Waals surface area contributed by atoms with Crippen LogP contribution in [0.3, 0.4) is 0 Å². The highest BCUT2D eigenvalue weighted by atomic mass is 32.2. The van der Waals surface area contributed by atoms with Crippen molar-refractivity contribution in [1.29, 1.82) is 0 Å². The van der Waals surface area contributed by atoms with E-state index in [4.69, 9.17) is 18.0 Å². The predicted octanol–water partition coefficient (Wildman–Crippen LogP) is 0.0965. The molecule has 0 atom stereocenters. The number of nitrogens with one attached hydrogen (secondary N) is 1. The van der Waals surface area contributed by atoms with Gasteiger partial charge in [0.05, 0.1) is 11.2 Å². The van der Waals surface area contributed by atoms with Gasteiger partial charge in [-0.1, -0.05) is 12.2 Å². The molecule has 6 nitrogen and oxygen atoms in total. The molecule has 0 aliphatic carbocycles. The maximum Gasteiger partial charge on any atom is 0.259 e. The Labute approximate surface area is 105 Å². The number of aromatic amines is 1. The van der Waals surface area contributed by atoms with Gasteiger partial charge >= 0.3 is 0 Å². The molecule has 0 aromatic carbocycles. The number of aromatic nitrogens is 2. The summed E-state index contributed by atoms with van der Waals surface area (Å²) in [6.45, 7) is 0.896. The molecular weight excluding hydrogens is 260 g/mol. The van der Waals surface area contributed by atoms with Crippen LogP contribution in [0, 0.1) is 5.92 Å². The Kier molecular flexibility index (Phi) is 3.45. The molecule has 1 aliphatic heterocycles. The van der Waals surface area contributed by atoms with Crippen LogP contribution >= 0.6 is 12.2 Å². The lowest BCUT2D eigenvalue weighted by Crippen LogP contribution is -2.41. The number of rotatable bonds is 3. The first-order valence-corrected chi connectivity index (χ1v) is 7.15. The Morgan fingerprint density at radius 3 is 2.65 bits per heavy atom. The topological polar surface area (TPSA) is 92.1 Å². The molecule has 0 amide bonds. The Morgan fingerprint density at radius 1 is 1.53 bits per heavy atom. The average molecular weight is 274 g/mol. The van der Waals surface area contributed by atoms with Crippen molar-refractivity contribution in [3.8, 4) is 0 Å². The van der Waals surface area contributed by atoms with E-state index in [1.54, 1.807) is 0 Å². The molecule has 1 fully saturated rings.